The van der Waals surface area contributed by atoms with Gasteiger partial charge in [0, 0.05) is 28.1 Å². The fraction of sp³-hybridized carbons (Fsp3) is 0.417. The number of rotatable bonds is 5. The molecule has 0 aromatic heterocycles. The van der Waals surface area contributed by atoms with Gasteiger partial charge in [0.1, 0.15) is 0 Å². The third-order valence-electron chi connectivity index (χ3n) is 2.23. The monoisotopic (exact) mass is 351 g/mol. The van der Waals surface area contributed by atoms with Gasteiger partial charge in [-0.2, -0.15) is 0 Å². The Kier molecular flexibility index (Phi) is 6.13. The summed E-state index contributed by atoms with van der Waals surface area (Å²) in [6, 6.07) is 7.61. The van der Waals surface area contributed by atoms with Crippen LogP contribution in [0.3, 0.4) is 0 Å². The lowest BCUT2D eigenvalue weighted by Gasteiger charge is -2.20. The van der Waals surface area contributed by atoms with E-state index in [4.69, 9.17) is 11.6 Å². The number of alkyl halides is 1. The third kappa shape index (κ3) is 3.94. The van der Waals surface area contributed by atoms with Crippen molar-refractivity contribution in [3.05, 3.63) is 33.4 Å². The molecule has 0 atom stereocenters. The molecule has 0 N–H and O–H groups in total. The van der Waals surface area contributed by atoms with Gasteiger partial charge >= 0.3 is 0 Å². The zero-order valence-corrected chi connectivity index (χ0v) is 12.2. The number of carbonyl (C=O) groups is 1. The molecule has 1 amide bonds. The van der Waals surface area contributed by atoms with Gasteiger partial charge < -0.3 is 4.90 Å². The van der Waals surface area contributed by atoms with Crippen molar-refractivity contribution in [3.63, 3.8) is 0 Å². The summed E-state index contributed by atoms with van der Waals surface area (Å²) in [5.74, 6) is 0.551. The highest BCUT2D eigenvalue weighted by Gasteiger charge is 2.13. The highest BCUT2D eigenvalue weighted by atomic mass is 127. The second-order valence-electron chi connectivity index (χ2n) is 3.49. The number of carbonyl (C=O) groups excluding carboxylic acids is 1. The Balaban J connectivity index is 2.77. The van der Waals surface area contributed by atoms with Crippen molar-refractivity contribution in [2.45, 2.75) is 13.3 Å². The van der Waals surface area contributed by atoms with E-state index in [1.165, 1.54) is 0 Å². The molecule has 0 fully saturated rings. The van der Waals surface area contributed by atoms with Crippen molar-refractivity contribution < 1.29 is 4.79 Å². The van der Waals surface area contributed by atoms with Crippen LogP contribution < -0.4 is 0 Å². The van der Waals surface area contributed by atoms with Crippen LogP contribution in [0.15, 0.2) is 24.3 Å². The van der Waals surface area contributed by atoms with E-state index in [1.807, 2.05) is 24.3 Å². The van der Waals surface area contributed by atoms with Crippen LogP contribution in [-0.4, -0.2) is 29.8 Å². The van der Waals surface area contributed by atoms with E-state index in [-0.39, 0.29) is 5.91 Å². The first-order valence-electron chi connectivity index (χ1n) is 5.29. The molecule has 0 spiro atoms. The van der Waals surface area contributed by atoms with Crippen LogP contribution in [0.5, 0.6) is 0 Å². The molecule has 1 aromatic carbocycles. The normalized spacial score (nSPS) is 10.2. The zero-order valence-electron chi connectivity index (χ0n) is 9.25. The molecule has 0 heterocycles. The molecule has 0 aliphatic heterocycles. The number of benzene rings is 1. The Hall–Kier alpha value is -0.290. The van der Waals surface area contributed by atoms with Crippen molar-refractivity contribution in [2.24, 2.45) is 0 Å². The van der Waals surface area contributed by atoms with Crippen LogP contribution in [0.25, 0.3) is 0 Å². The topological polar surface area (TPSA) is 20.3 Å². The summed E-state index contributed by atoms with van der Waals surface area (Å²) in [4.78, 5) is 13.9. The molecule has 1 rings (SSSR count). The van der Waals surface area contributed by atoms with E-state index in [0.29, 0.717) is 12.4 Å². The lowest BCUT2D eigenvalue weighted by Crippen LogP contribution is -2.33. The molecule has 0 aliphatic rings. The fourth-order valence-electron chi connectivity index (χ4n) is 1.46. The first kappa shape index (κ1) is 13.8. The highest BCUT2D eigenvalue weighted by molar-refractivity contribution is 14.1. The molecule has 1 aromatic rings. The van der Waals surface area contributed by atoms with E-state index in [0.717, 1.165) is 22.1 Å². The largest absolute Gasteiger partial charge is 0.337 e. The fourth-order valence-corrected chi connectivity index (χ4v) is 2.03. The molecular weight excluding hydrogens is 336 g/mol. The van der Waals surface area contributed by atoms with Gasteiger partial charge in [-0.25, -0.2) is 0 Å². The molecule has 2 nitrogen and oxygen atoms in total. The number of hydrogen-bond acceptors (Lipinski definition) is 1. The molecule has 0 saturated carbocycles. The van der Waals surface area contributed by atoms with E-state index in [2.05, 4.69) is 29.5 Å². The average molecular weight is 352 g/mol. The molecule has 4 heteroatoms. The van der Waals surface area contributed by atoms with Gasteiger partial charge in [0.15, 0.2) is 0 Å². The summed E-state index contributed by atoms with van der Waals surface area (Å²) in [6.07, 6.45) is 0.951. The predicted molar refractivity (Wildman–Crippen MR) is 76.1 cm³/mol. The van der Waals surface area contributed by atoms with Gasteiger partial charge in [0.2, 0.25) is 0 Å². The standard InChI is InChI=1S/C12H15ClINO/c1-2-8-15(9-7-13)12(16)10-3-5-11(14)6-4-10/h3-6H,2,7-9H2,1H3. The number of amides is 1. The minimum absolute atomic E-state index is 0.0684. The van der Waals surface area contributed by atoms with Gasteiger partial charge in [-0.3, -0.25) is 4.79 Å². The van der Waals surface area contributed by atoms with Gasteiger partial charge in [-0.15, -0.1) is 11.6 Å². The zero-order chi connectivity index (χ0) is 12.0. The maximum Gasteiger partial charge on any atom is 0.253 e. The lowest BCUT2D eigenvalue weighted by molar-refractivity contribution is 0.0765. The lowest BCUT2D eigenvalue weighted by atomic mass is 10.2. The second kappa shape index (κ2) is 7.12. The Morgan fingerprint density at radius 2 is 1.94 bits per heavy atom. The average Bonchev–Trinajstić information content (AvgIpc) is 2.29. The minimum Gasteiger partial charge on any atom is -0.337 e. The molecule has 0 bridgehead atoms. The summed E-state index contributed by atoms with van der Waals surface area (Å²) in [7, 11) is 0. The van der Waals surface area contributed by atoms with Gasteiger partial charge in [-0.1, -0.05) is 6.92 Å². The highest BCUT2D eigenvalue weighted by Crippen LogP contribution is 2.10. The first-order chi connectivity index (χ1) is 7.69. The predicted octanol–water partition coefficient (Wildman–Crippen LogP) is 3.38. The number of nitrogens with zero attached hydrogens (tertiary/aromatic N) is 1. The smallest absolute Gasteiger partial charge is 0.253 e. The quantitative estimate of drug-likeness (QED) is 0.588. The molecule has 0 unspecified atom stereocenters. The van der Waals surface area contributed by atoms with Crippen LogP contribution in [0.1, 0.15) is 23.7 Å². The van der Waals surface area contributed by atoms with Crippen molar-refractivity contribution in [3.8, 4) is 0 Å². The van der Waals surface area contributed by atoms with Crippen LogP contribution in [-0.2, 0) is 0 Å². The number of hydrogen-bond donors (Lipinski definition) is 0. The molecule has 0 aliphatic carbocycles. The molecule has 88 valence electrons. The summed E-state index contributed by atoms with van der Waals surface area (Å²) in [5.41, 5.74) is 0.735. The van der Waals surface area contributed by atoms with E-state index >= 15 is 0 Å². The maximum atomic E-state index is 12.1. The van der Waals surface area contributed by atoms with Crippen LogP contribution in [0.4, 0.5) is 0 Å². The molecular formula is C12H15ClINO. The Bertz CT molecular complexity index is 333. The van der Waals surface area contributed by atoms with Crippen molar-refractivity contribution in [2.75, 3.05) is 19.0 Å². The summed E-state index contributed by atoms with van der Waals surface area (Å²) >= 11 is 7.92. The summed E-state index contributed by atoms with van der Waals surface area (Å²) in [6.45, 7) is 3.43. The van der Waals surface area contributed by atoms with Crippen molar-refractivity contribution in [1.29, 1.82) is 0 Å². The maximum absolute atomic E-state index is 12.1. The first-order valence-corrected chi connectivity index (χ1v) is 6.91. The van der Waals surface area contributed by atoms with E-state index < -0.39 is 0 Å². The third-order valence-corrected chi connectivity index (χ3v) is 3.11. The van der Waals surface area contributed by atoms with Crippen LogP contribution in [0, 0.1) is 3.57 Å². The summed E-state index contributed by atoms with van der Waals surface area (Å²) < 4.78 is 1.13. The number of halogens is 2. The summed E-state index contributed by atoms with van der Waals surface area (Å²) in [5, 5.41) is 0. The van der Waals surface area contributed by atoms with Crippen molar-refractivity contribution >= 4 is 40.1 Å². The Morgan fingerprint density at radius 1 is 1.31 bits per heavy atom. The minimum atomic E-state index is 0.0684. The van der Waals surface area contributed by atoms with Crippen molar-refractivity contribution in [1.82, 2.24) is 4.90 Å². The van der Waals surface area contributed by atoms with Gasteiger partial charge in [0.05, 0.1) is 0 Å². The Labute approximate surface area is 115 Å². The van der Waals surface area contributed by atoms with Gasteiger partial charge in [0.25, 0.3) is 5.91 Å². The molecule has 0 saturated heterocycles. The van der Waals surface area contributed by atoms with E-state index in [1.54, 1.807) is 4.90 Å². The molecule has 16 heavy (non-hydrogen) atoms. The van der Waals surface area contributed by atoms with Crippen LogP contribution in [0.2, 0.25) is 0 Å². The van der Waals surface area contributed by atoms with Gasteiger partial charge in [-0.05, 0) is 53.3 Å². The molecule has 0 radical (unpaired) electrons. The second-order valence-corrected chi connectivity index (χ2v) is 5.11. The van der Waals surface area contributed by atoms with E-state index in [9.17, 15) is 4.79 Å². The van der Waals surface area contributed by atoms with Crippen LogP contribution >= 0.6 is 34.2 Å². The SMILES string of the molecule is CCCN(CCCl)C(=O)c1ccc(I)cc1. The Morgan fingerprint density at radius 3 is 2.44 bits per heavy atom.